The first-order chi connectivity index (χ1) is 18.8. The van der Waals surface area contributed by atoms with Crippen LogP contribution in [0.2, 0.25) is 5.02 Å². The summed E-state index contributed by atoms with van der Waals surface area (Å²) in [6.07, 6.45) is -0.459. The van der Waals surface area contributed by atoms with Gasteiger partial charge in [-0.1, -0.05) is 65.7 Å². The van der Waals surface area contributed by atoms with Gasteiger partial charge in [0.15, 0.2) is 17.8 Å². The number of halogens is 1. The second-order valence-electron chi connectivity index (χ2n) is 9.73. The summed E-state index contributed by atoms with van der Waals surface area (Å²) in [5.74, 6) is 0.925. The fourth-order valence-corrected chi connectivity index (χ4v) is 4.80. The van der Waals surface area contributed by atoms with E-state index in [4.69, 9.17) is 21.4 Å². The molecule has 0 saturated carbocycles. The Kier molecular flexibility index (Phi) is 7.57. The molecule has 0 aromatic heterocycles. The summed E-state index contributed by atoms with van der Waals surface area (Å²) in [5, 5.41) is 7.42. The van der Waals surface area contributed by atoms with Crippen LogP contribution >= 0.6 is 11.6 Å². The number of aryl methyl sites for hydroxylation is 1. The fourth-order valence-electron chi connectivity index (χ4n) is 4.61. The van der Waals surface area contributed by atoms with E-state index in [2.05, 4.69) is 0 Å². The molecule has 0 bridgehead atoms. The van der Waals surface area contributed by atoms with Gasteiger partial charge in [-0.25, -0.2) is 5.01 Å². The third-order valence-electron chi connectivity index (χ3n) is 6.70. The molecule has 0 N–H and O–H groups in total. The molecule has 0 amide bonds. The summed E-state index contributed by atoms with van der Waals surface area (Å²) >= 11 is 6.41. The lowest BCUT2D eigenvalue weighted by Gasteiger charge is -2.33. The Balaban J connectivity index is 1.62. The number of benzene rings is 4. The van der Waals surface area contributed by atoms with E-state index in [9.17, 15) is 4.79 Å². The Labute approximate surface area is 234 Å². The highest BCUT2D eigenvalue weighted by atomic mass is 35.5. The third-order valence-corrected chi connectivity index (χ3v) is 7.07. The molecule has 5 rings (SSSR count). The van der Waals surface area contributed by atoms with Crippen molar-refractivity contribution in [3.05, 3.63) is 119 Å². The van der Waals surface area contributed by atoms with Gasteiger partial charge in [-0.15, -0.1) is 5.10 Å². The van der Waals surface area contributed by atoms with Crippen LogP contribution in [0.1, 0.15) is 29.8 Å². The Morgan fingerprint density at radius 1 is 0.897 bits per heavy atom. The van der Waals surface area contributed by atoms with Gasteiger partial charge in [-0.05, 0) is 55.5 Å². The minimum absolute atomic E-state index is 0.124. The largest absolute Gasteiger partial charge is 0.488 e. The van der Waals surface area contributed by atoms with Crippen LogP contribution in [0.3, 0.4) is 0 Å². The van der Waals surface area contributed by atoms with E-state index in [0.717, 1.165) is 33.8 Å². The molecule has 0 spiro atoms. The monoisotopic (exact) mass is 538 g/mol. The van der Waals surface area contributed by atoms with Gasteiger partial charge in [0.05, 0.1) is 5.69 Å². The Hall–Kier alpha value is -4.29. The van der Waals surface area contributed by atoms with Gasteiger partial charge in [0, 0.05) is 48.5 Å². The number of hydrogen-bond acceptors (Lipinski definition) is 6. The first-order valence-electron chi connectivity index (χ1n) is 12.8. The summed E-state index contributed by atoms with van der Waals surface area (Å²) in [4.78, 5) is 17.0. The van der Waals surface area contributed by atoms with Crippen LogP contribution in [-0.2, 0) is 11.4 Å². The predicted molar refractivity (Wildman–Crippen MR) is 160 cm³/mol. The molecule has 0 radical (unpaired) electrons. The van der Waals surface area contributed by atoms with Crippen LogP contribution in [0, 0.1) is 6.92 Å². The number of carbonyl (C=O) groups is 1. The number of rotatable bonds is 8. The van der Waals surface area contributed by atoms with E-state index < -0.39 is 6.17 Å². The van der Waals surface area contributed by atoms with E-state index in [1.807, 2.05) is 133 Å². The number of ether oxygens (including phenoxy) is 1. The Morgan fingerprint density at radius 3 is 2.21 bits per heavy atom. The molecule has 7 heteroatoms. The van der Waals surface area contributed by atoms with Gasteiger partial charge in [-0.3, -0.25) is 9.69 Å². The molecule has 4 aromatic rings. The fraction of sp³-hybridized carbons (Fsp3) is 0.188. The molecule has 0 aliphatic carbocycles. The first-order valence-corrected chi connectivity index (χ1v) is 13.2. The lowest BCUT2D eigenvalue weighted by Crippen LogP contribution is -2.38. The zero-order chi connectivity index (χ0) is 27.5. The van der Waals surface area contributed by atoms with Crippen molar-refractivity contribution in [1.82, 2.24) is 0 Å². The van der Waals surface area contributed by atoms with Crippen LogP contribution in [0.5, 0.6) is 5.75 Å². The average molecular weight is 539 g/mol. The molecule has 1 atom stereocenters. The zero-order valence-corrected chi connectivity index (χ0v) is 23.3. The number of Topliss-reactive ketones (excluding diaryl/α,β-unsaturated/α-hetero) is 1. The predicted octanol–water partition coefficient (Wildman–Crippen LogP) is 7.22. The summed E-state index contributed by atoms with van der Waals surface area (Å²) in [5.41, 5.74) is 5.71. The van der Waals surface area contributed by atoms with Gasteiger partial charge >= 0.3 is 0 Å². The van der Waals surface area contributed by atoms with Gasteiger partial charge in [-0.2, -0.15) is 0 Å². The topological polar surface area (TPSA) is 48.4 Å². The maximum Gasteiger partial charge on any atom is 0.198 e. The van der Waals surface area contributed by atoms with Crippen molar-refractivity contribution in [3.63, 3.8) is 0 Å². The number of ketones is 1. The molecule has 1 unspecified atom stereocenters. The van der Waals surface area contributed by atoms with Crippen LogP contribution < -0.4 is 19.5 Å². The number of anilines is 3. The molecule has 6 nitrogen and oxygen atoms in total. The van der Waals surface area contributed by atoms with E-state index in [0.29, 0.717) is 23.2 Å². The average Bonchev–Trinajstić information content (AvgIpc) is 3.34. The SMILES string of the molecule is CC(=O)C1=NN(c2ccc(C)cc2)C(c2ccccc2OCc2ccccc2Cl)N1c1ccc(N(C)C)cc1. The van der Waals surface area contributed by atoms with Crippen molar-refractivity contribution < 1.29 is 9.53 Å². The van der Waals surface area contributed by atoms with Crippen LogP contribution in [0.4, 0.5) is 17.1 Å². The van der Waals surface area contributed by atoms with Crippen molar-refractivity contribution in [3.8, 4) is 5.75 Å². The summed E-state index contributed by atoms with van der Waals surface area (Å²) in [6, 6.07) is 31.8. The molecule has 198 valence electrons. The number of nitrogens with zero attached hydrogens (tertiary/aromatic N) is 4. The lowest BCUT2D eigenvalue weighted by molar-refractivity contribution is -0.111. The molecular weight excluding hydrogens is 508 g/mol. The number of amidine groups is 1. The first kappa shape index (κ1) is 26.3. The molecule has 1 aliphatic heterocycles. The standard InChI is InChI=1S/C32H31ClN4O2/c1-22-13-15-27(16-14-22)37-32(28-10-6-8-12-30(28)39-21-24-9-5-7-11-29(24)33)36(31(34-37)23(2)38)26-19-17-25(18-20-26)35(3)4/h5-20,32H,21H2,1-4H3. The molecular formula is C32H31ClN4O2. The van der Waals surface area contributed by atoms with E-state index >= 15 is 0 Å². The number of carbonyl (C=O) groups excluding carboxylic acids is 1. The molecule has 0 saturated heterocycles. The minimum atomic E-state index is -0.459. The minimum Gasteiger partial charge on any atom is -0.488 e. The molecule has 0 fully saturated rings. The van der Waals surface area contributed by atoms with Gasteiger partial charge < -0.3 is 9.64 Å². The number of hydrogen-bond donors (Lipinski definition) is 0. The second kappa shape index (κ2) is 11.2. The maximum atomic E-state index is 13.0. The van der Waals surface area contributed by atoms with Crippen LogP contribution in [0.15, 0.2) is 102 Å². The third kappa shape index (κ3) is 5.47. The van der Waals surface area contributed by atoms with Crippen molar-refractivity contribution in [1.29, 1.82) is 0 Å². The van der Waals surface area contributed by atoms with Crippen molar-refractivity contribution in [2.75, 3.05) is 28.9 Å². The second-order valence-corrected chi connectivity index (χ2v) is 10.1. The number of para-hydroxylation sites is 1. The van der Waals surface area contributed by atoms with E-state index in [-0.39, 0.29) is 5.78 Å². The quantitative estimate of drug-likeness (QED) is 0.237. The van der Waals surface area contributed by atoms with Gasteiger partial charge in [0.2, 0.25) is 0 Å². The van der Waals surface area contributed by atoms with E-state index in [1.165, 1.54) is 0 Å². The van der Waals surface area contributed by atoms with Crippen molar-refractivity contribution in [2.24, 2.45) is 5.10 Å². The lowest BCUT2D eigenvalue weighted by atomic mass is 10.1. The maximum absolute atomic E-state index is 13.0. The zero-order valence-electron chi connectivity index (χ0n) is 22.5. The molecule has 1 aliphatic rings. The van der Waals surface area contributed by atoms with Crippen molar-refractivity contribution >= 4 is 40.3 Å². The highest BCUT2D eigenvalue weighted by Gasteiger charge is 2.40. The smallest absolute Gasteiger partial charge is 0.198 e. The summed E-state index contributed by atoms with van der Waals surface area (Å²) in [6.45, 7) is 3.91. The molecule has 39 heavy (non-hydrogen) atoms. The summed E-state index contributed by atoms with van der Waals surface area (Å²) in [7, 11) is 4.00. The Bertz CT molecular complexity index is 1500. The highest BCUT2D eigenvalue weighted by molar-refractivity contribution is 6.44. The van der Waals surface area contributed by atoms with E-state index in [1.54, 1.807) is 6.92 Å². The normalized spacial score (nSPS) is 14.8. The van der Waals surface area contributed by atoms with Gasteiger partial charge in [0.25, 0.3) is 0 Å². The molecule has 1 heterocycles. The van der Waals surface area contributed by atoms with Gasteiger partial charge in [0.1, 0.15) is 12.4 Å². The van der Waals surface area contributed by atoms with Crippen LogP contribution in [0.25, 0.3) is 0 Å². The summed E-state index contributed by atoms with van der Waals surface area (Å²) < 4.78 is 6.37. The van der Waals surface area contributed by atoms with Crippen LogP contribution in [-0.4, -0.2) is 25.7 Å². The van der Waals surface area contributed by atoms with Crippen molar-refractivity contribution in [2.45, 2.75) is 26.6 Å². The number of hydrazone groups is 1. The highest BCUT2D eigenvalue weighted by Crippen LogP contribution is 2.42. The Morgan fingerprint density at radius 2 is 1.54 bits per heavy atom. The molecule has 4 aromatic carbocycles.